The number of thiazole rings is 1. The third kappa shape index (κ3) is 4.00. The van der Waals surface area contributed by atoms with E-state index in [0.717, 1.165) is 12.1 Å². The molecule has 3 heterocycles. The van der Waals surface area contributed by atoms with Crippen molar-refractivity contribution in [3.8, 4) is 28.8 Å². The Bertz CT molecular complexity index is 1210. The van der Waals surface area contributed by atoms with Gasteiger partial charge in [-0.15, -0.1) is 11.3 Å². The fourth-order valence-corrected chi connectivity index (χ4v) is 3.43. The molecule has 4 aromatic rings. The van der Waals surface area contributed by atoms with Crippen molar-refractivity contribution in [3.05, 3.63) is 76.5 Å². The van der Waals surface area contributed by atoms with Crippen molar-refractivity contribution in [1.29, 1.82) is 5.26 Å². The molecule has 8 heteroatoms. The van der Waals surface area contributed by atoms with E-state index in [2.05, 4.69) is 11.1 Å². The third-order valence-electron chi connectivity index (χ3n) is 4.02. The zero-order chi connectivity index (χ0) is 20.4. The lowest BCUT2D eigenvalue weighted by Gasteiger charge is -2.07. The van der Waals surface area contributed by atoms with Crippen molar-refractivity contribution >= 4 is 23.0 Å². The highest BCUT2D eigenvalue weighted by Crippen LogP contribution is 2.33. The standard InChI is InChI=1S/C21H11F3N2O2S/c22-21(23,24)15-4-1-3-13(9-15)18-7-6-16(28-18)10-14(11-25)20-26-17(12-29-20)19-5-2-8-27-19/h1-10,12H/b14-10+. The Hall–Kier alpha value is -3.57. The van der Waals surface area contributed by atoms with Crippen molar-refractivity contribution in [2.45, 2.75) is 6.18 Å². The maximum atomic E-state index is 12.9. The number of nitriles is 1. The van der Waals surface area contributed by atoms with Crippen molar-refractivity contribution in [2.24, 2.45) is 0 Å². The number of halogens is 3. The van der Waals surface area contributed by atoms with Crippen LogP contribution in [0.2, 0.25) is 0 Å². The monoisotopic (exact) mass is 412 g/mol. The molecule has 0 N–H and O–H groups in total. The van der Waals surface area contributed by atoms with E-state index in [0.29, 0.717) is 27.8 Å². The summed E-state index contributed by atoms with van der Waals surface area (Å²) in [6, 6.07) is 13.6. The highest BCUT2D eigenvalue weighted by molar-refractivity contribution is 7.11. The summed E-state index contributed by atoms with van der Waals surface area (Å²) in [5, 5.41) is 11.7. The molecule has 0 unspecified atom stereocenters. The molecule has 0 aliphatic heterocycles. The van der Waals surface area contributed by atoms with Gasteiger partial charge in [-0.25, -0.2) is 4.98 Å². The topological polar surface area (TPSA) is 63.0 Å². The number of allylic oxidation sites excluding steroid dienone is 1. The number of rotatable bonds is 4. The van der Waals surface area contributed by atoms with Gasteiger partial charge in [0.25, 0.3) is 0 Å². The fraction of sp³-hybridized carbons (Fsp3) is 0.0476. The Labute approximate surface area is 167 Å². The SMILES string of the molecule is N#C/C(=C\c1ccc(-c2cccc(C(F)(F)F)c2)o1)c1nc(-c2ccco2)cs1. The molecule has 0 fully saturated rings. The van der Waals surface area contributed by atoms with Gasteiger partial charge < -0.3 is 8.83 Å². The smallest absolute Gasteiger partial charge is 0.416 e. The number of hydrogen-bond donors (Lipinski definition) is 0. The highest BCUT2D eigenvalue weighted by atomic mass is 32.1. The van der Waals surface area contributed by atoms with Gasteiger partial charge in [-0.3, -0.25) is 0 Å². The minimum Gasteiger partial charge on any atom is -0.463 e. The van der Waals surface area contributed by atoms with Gasteiger partial charge in [0, 0.05) is 17.0 Å². The molecule has 4 rings (SSSR count). The van der Waals surface area contributed by atoms with Crippen molar-refractivity contribution in [1.82, 2.24) is 4.98 Å². The molecule has 29 heavy (non-hydrogen) atoms. The van der Waals surface area contributed by atoms with Crippen LogP contribution in [-0.2, 0) is 6.18 Å². The second-order valence-corrected chi connectivity index (χ2v) is 6.82. The molecular weight excluding hydrogens is 401 g/mol. The van der Waals surface area contributed by atoms with E-state index in [1.54, 1.807) is 29.6 Å². The van der Waals surface area contributed by atoms with Gasteiger partial charge in [-0.1, -0.05) is 12.1 Å². The largest absolute Gasteiger partial charge is 0.463 e. The van der Waals surface area contributed by atoms with E-state index >= 15 is 0 Å². The van der Waals surface area contributed by atoms with E-state index in [4.69, 9.17) is 8.83 Å². The molecule has 4 nitrogen and oxygen atoms in total. The summed E-state index contributed by atoms with van der Waals surface area (Å²) >= 11 is 1.28. The van der Waals surface area contributed by atoms with Crippen LogP contribution in [-0.4, -0.2) is 4.98 Å². The van der Waals surface area contributed by atoms with E-state index in [1.165, 1.54) is 35.8 Å². The van der Waals surface area contributed by atoms with Crippen LogP contribution in [0.3, 0.4) is 0 Å². The summed E-state index contributed by atoms with van der Waals surface area (Å²) in [7, 11) is 0. The summed E-state index contributed by atoms with van der Waals surface area (Å²) in [5.74, 6) is 1.20. The van der Waals surface area contributed by atoms with Crippen LogP contribution in [0.15, 0.2) is 69.0 Å². The molecule has 3 aromatic heterocycles. The minimum atomic E-state index is -4.43. The average Bonchev–Trinajstić information content (AvgIpc) is 3.46. The van der Waals surface area contributed by atoms with Gasteiger partial charge in [0.1, 0.15) is 28.3 Å². The summed E-state index contributed by atoms with van der Waals surface area (Å²) in [6.07, 6.45) is -1.40. The fourth-order valence-electron chi connectivity index (χ4n) is 2.65. The molecule has 0 saturated carbocycles. The third-order valence-corrected chi connectivity index (χ3v) is 4.89. The van der Waals surface area contributed by atoms with Crippen LogP contribution >= 0.6 is 11.3 Å². The molecule has 0 spiro atoms. The van der Waals surface area contributed by atoms with Gasteiger partial charge in [-0.05, 0) is 36.4 Å². The van der Waals surface area contributed by atoms with Crippen LogP contribution in [0.25, 0.3) is 34.4 Å². The minimum absolute atomic E-state index is 0.273. The Morgan fingerprint density at radius 2 is 1.97 bits per heavy atom. The Balaban J connectivity index is 1.62. The van der Waals surface area contributed by atoms with E-state index in [1.807, 2.05) is 0 Å². The first-order chi connectivity index (χ1) is 13.9. The second-order valence-electron chi connectivity index (χ2n) is 5.97. The van der Waals surface area contributed by atoms with Crippen LogP contribution in [0, 0.1) is 11.3 Å². The molecular formula is C21H11F3N2O2S. The number of furan rings is 2. The molecule has 0 radical (unpaired) electrons. The first kappa shape index (κ1) is 18.8. The number of aromatic nitrogens is 1. The summed E-state index contributed by atoms with van der Waals surface area (Å²) in [4.78, 5) is 4.39. The van der Waals surface area contributed by atoms with Crippen molar-refractivity contribution in [2.75, 3.05) is 0 Å². The number of hydrogen-bond acceptors (Lipinski definition) is 5. The molecule has 0 bridgehead atoms. The Morgan fingerprint density at radius 1 is 1.10 bits per heavy atom. The number of benzene rings is 1. The molecule has 0 amide bonds. The van der Waals surface area contributed by atoms with Crippen LogP contribution in [0.1, 0.15) is 16.3 Å². The van der Waals surface area contributed by atoms with Crippen molar-refractivity contribution < 1.29 is 22.0 Å². The second kappa shape index (κ2) is 7.45. The average molecular weight is 412 g/mol. The maximum absolute atomic E-state index is 12.9. The molecule has 0 aliphatic rings. The number of nitrogens with zero attached hydrogens (tertiary/aromatic N) is 2. The molecule has 0 atom stereocenters. The highest BCUT2D eigenvalue weighted by Gasteiger charge is 2.30. The lowest BCUT2D eigenvalue weighted by molar-refractivity contribution is -0.137. The summed E-state index contributed by atoms with van der Waals surface area (Å²) in [5.41, 5.74) is 0.430. The van der Waals surface area contributed by atoms with Gasteiger partial charge >= 0.3 is 6.18 Å². The summed E-state index contributed by atoms with van der Waals surface area (Å²) < 4.78 is 49.7. The first-order valence-electron chi connectivity index (χ1n) is 8.33. The summed E-state index contributed by atoms with van der Waals surface area (Å²) in [6.45, 7) is 0. The first-order valence-corrected chi connectivity index (χ1v) is 9.21. The van der Waals surface area contributed by atoms with E-state index in [-0.39, 0.29) is 11.3 Å². The zero-order valence-corrected chi connectivity index (χ0v) is 15.4. The van der Waals surface area contributed by atoms with Gasteiger partial charge in [0.15, 0.2) is 5.76 Å². The Morgan fingerprint density at radius 3 is 2.69 bits per heavy atom. The predicted octanol–water partition coefficient (Wildman–Crippen LogP) is 6.75. The van der Waals surface area contributed by atoms with Crippen molar-refractivity contribution in [3.63, 3.8) is 0 Å². The predicted molar refractivity (Wildman–Crippen MR) is 102 cm³/mol. The quantitative estimate of drug-likeness (QED) is 0.348. The van der Waals surface area contributed by atoms with Crippen LogP contribution in [0.5, 0.6) is 0 Å². The molecule has 0 aliphatic carbocycles. The normalized spacial score (nSPS) is 12.1. The van der Waals surface area contributed by atoms with Gasteiger partial charge in [-0.2, -0.15) is 18.4 Å². The van der Waals surface area contributed by atoms with E-state index in [9.17, 15) is 18.4 Å². The number of alkyl halides is 3. The van der Waals surface area contributed by atoms with Gasteiger partial charge in [0.2, 0.25) is 0 Å². The molecule has 144 valence electrons. The lowest BCUT2D eigenvalue weighted by Crippen LogP contribution is -2.04. The van der Waals surface area contributed by atoms with Gasteiger partial charge in [0.05, 0.1) is 17.4 Å². The molecule has 0 saturated heterocycles. The van der Waals surface area contributed by atoms with E-state index < -0.39 is 11.7 Å². The lowest BCUT2D eigenvalue weighted by atomic mass is 10.1. The van der Waals surface area contributed by atoms with Crippen LogP contribution < -0.4 is 0 Å². The molecule has 1 aromatic carbocycles. The maximum Gasteiger partial charge on any atom is 0.416 e. The Kier molecular flexibility index (Phi) is 4.82. The zero-order valence-electron chi connectivity index (χ0n) is 14.6. The van der Waals surface area contributed by atoms with Crippen LogP contribution in [0.4, 0.5) is 13.2 Å².